The first-order valence-corrected chi connectivity index (χ1v) is 7.85. The Labute approximate surface area is 136 Å². The molecule has 1 atom stereocenters. The Morgan fingerprint density at radius 2 is 1.83 bits per heavy atom. The molecule has 0 aliphatic carbocycles. The normalized spacial score (nSPS) is 18.5. The Bertz CT molecular complexity index is 761. The van der Waals surface area contributed by atoms with E-state index in [1.165, 1.54) is 10.3 Å². The van der Waals surface area contributed by atoms with E-state index < -0.39 is 11.7 Å². The van der Waals surface area contributed by atoms with E-state index in [0.29, 0.717) is 13.0 Å². The SMILES string of the molecule is CC(C)(C)OC(=O)N1C[C@@H](c2ccc3ccccc3c2)CC1=O. The summed E-state index contributed by atoms with van der Waals surface area (Å²) >= 11 is 0. The van der Waals surface area contributed by atoms with Crippen LogP contribution in [-0.4, -0.2) is 29.0 Å². The van der Waals surface area contributed by atoms with E-state index in [9.17, 15) is 9.59 Å². The molecule has 4 nitrogen and oxygen atoms in total. The van der Waals surface area contributed by atoms with Crippen LogP contribution in [0.4, 0.5) is 4.79 Å². The largest absolute Gasteiger partial charge is 0.443 e. The van der Waals surface area contributed by atoms with E-state index in [-0.39, 0.29) is 11.8 Å². The third kappa shape index (κ3) is 3.36. The zero-order valence-corrected chi connectivity index (χ0v) is 13.7. The van der Waals surface area contributed by atoms with Crippen molar-refractivity contribution in [1.82, 2.24) is 4.90 Å². The molecule has 1 heterocycles. The van der Waals surface area contributed by atoms with Crippen LogP contribution in [0.25, 0.3) is 10.8 Å². The number of benzene rings is 2. The molecule has 0 radical (unpaired) electrons. The number of amides is 2. The minimum atomic E-state index is -0.599. The fourth-order valence-electron chi connectivity index (χ4n) is 2.89. The van der Waals surface area contributed by atoms with E-state index in [4.69, 9.17) is 4.74 Å². The lowest BCUT2D eigenvalue weighted by atomic mass is 9.95. The highest BCUT2D eigenvalue weighted by atomic mass is 16.6. The van der Waals surface area contributed by atoms with Gasteiger partial charge in [0.2, 0.25) is 5.91 Å². The summed E-state index contributed by atoms with van der Waals surface area (Å²) in [5, 5.41) is 2.32. The molecule has 0 aromatic heterocycles. The first kappa shape index (κ1) is 15.5. The number of carbonyl (C=O) groups is 2. The molecular formula is C19H21NO3. The van der Waals surface area contributed by atoms with Crippen LogP contribution >= 0.6 is 0 Å². The number of likely N-dealkylation sites (tertiary alicyclic amines) is 1. The second kappa shape index (κ2) is 5.69. The summed E-state index contributed by atoms with van der Waals surface area (Å²) in [4.78, 5) is 25.5. The highest BCUT2D eigenvalue weighted by molar-refractivity contribution is 5.94. The summed E-state index contributed by atoms with van der Waals surface area (Å²) in [6.45, 7) is 5.77. The molecule has 1 aliphatic rings. The lowest BCUT2D eigenvalue weighted by Crippen LogP contribution is -2.37. The minimum Gasteiger partial charge on any atom is -0.443 e. The molecule has 2 amide bonds. The van der Waals surface area contributed by atoms with Gasteiger partial charge in [-0.15, -0.1) is 0 Å². The first-order chi connectivity index (χ1) is 10.8. The monoisotopic (exact) mass is 311 g/mol. The van der Waals surface area contributed by atoms with Gasteiger partial charge in [-0.3, -0.25) is 4.79 Å². The molecule has 0 N–H and O–H groups in total. The zero-order chi connectivity index (χ0) is 16.6. The maximum atomic E-state index is 12.2. The van der Waals surface area contributed by atoms with Gasteiger partial charge >= 0.3 is 6.09 Å². The van der Waals surface area contributed by atoms with Crippen LogP contribution in [0.5, 0.6) is 0 Å². The second-order valence-electron chi connectivity index (χ2n) is 6.99. The average molecular weight is 311 g/mol. The van der Waals surface area contributed by atoms with E-state index in [2.05, 4.69) is 24.3 Å². The summed E-state index contributed by atoms with van der Waals surface area (Å²) in [5.74, 6) is -0.142. The predicted molar refractivity (Wildman–Crippen MR) is 89.3 cm³/mol. The molecule has 1 fully saturated rings. The van der Waals surface area contributed by atoms with Crippen LogP contribution < -0.4 is 0 Å². The van der Waals surface area contributed by atoms with Gasteiger partial charge in [-0.25, -0.2) is 9.69 Å². The van der Waals surface area contributed by atoms with Crippen LogP contribution in [0.2, 0.25) is 0 Å². The molecule has 1 aliphatic heterocycles. The molecule has 0 saturated carbocycles. The van der Waals surface area contributed by atoms with Crippen LogP contribution in [0.15, 0.2) is 42.5 Å². The molecule has 1 saturated heterocycles. The van der Waals surface area contributed by atoms with Gasteiger partial charge in [0, 0.05) is 18.9 Å². The van der Waals surface area contributed by atoms with Gasteiger partial charge in [-0.05, 0) is 37.1 Å². The standard InChI is InChI=1S/C19H21NO3/c1-19(2,3)23-18(22)20-12-16(11-17(20)21)15-9-8-13-6-4-5-7-14(13)10-15/h4-10,16H,11-12H2,1-3H3/t16-/m0/s1. The molecule has 120 valence electrons. The van der Waals surface area contributed by atoms with Gasteiger partial charge in [0.25, 0.3) is 0 Å². The number of hydrogen-bond acceptors (Lipinski definition) is 3. The Morgan fingerprint density at radius 3 is 2.52 bits per heavy atom. The van der Waals surface area contributed by atoms with Crippen molar-refractivity contribution >= 4 is 22.8 Å². The molecule has 2 aromatic rings. The zero-order valence-electron chi connectivity index (χ0n) is 13.7. The molecule has 4 heteroatoms. The van der Waals surface area contributed by atoms with Crippen molar-refractivity contribution in [2.24, 2.45) is 0 Å². The maximum absolute atomic E-state index is 12.2. The van der Waals surface area contributed by atoms with E-state index >= 15 is 0 Å². The van der Waals surface area contributed by atoms with E-state index in [1.807, 2.05) is 18.2 Å². The molecule has 3 rings (SSSR count). The summed E-state index contributed by atoms with van der Waals surface area (Å²) in [6, 6.07) is 14.3. The number of carbonyl (C=O) groups excluding carboxylic acids is 2. The number of hydrogen-bond donors (Lipinski definition) is 0. The smallest absolute Gasteiger partial charge is 0.417 e. The van der Waals surface area contributed by atoms with Crippen LogP contribution in [0, 0.1) is 0 Å². The lowest BCUT2D eigenvalue weighted by Gasteiger charge is -2.23. The van der Waals surface area contributed by atoms with Gasteiger partial charge < -0.3 is 4.74 Å². The highest BCUT2D eigenvalue weighted by Crippen LogP contribution is 2.31. The van der Waals surface area contributed by atoms with Gasteiger partial charge in [0.05, 0.1) is 0 Å². The maximum Gasteiger partial charge on any atom is 0.417 e. The number of rotatable bonds is 1. The third-order valence-electron chi connectivity index (χ3n) is 3.98. The Hall–Kier alpha value is -2.36. The fourth-order valence-corrected chi connectivity index (χ4v) is 2.89. The van der Waals surface area contributed by atoms with Gasteiger partial charge in [0.1, 0.15) is 5.60 Å². The van der Waals surface area contributed by atoms with Crippen molar-refractivity contribution in [3.05, 3.63) is 48.0 Å². The molecular weight excluding hydrogens is 290 g/mol. The third-order valence-corrected chi connectivity index (χ3v) is 3.98. The molecule has 23 heavy (non-hydrogen) atoms. The van der Waals surface area contributed by atoms with Crippen molar-refractivity contribution in [2.45, 2.75) is 38.7 Å². The fraction of sp³-hybridized carbons (Fsp3) is 0.368. The number of nitrogens with zero attached hydrogens (tertiary/aromatic N) is 1. The Balaban J connectivity index is 1.79. The predicted octanol–water partition coefficient (Wildman–Crippen LogP) is 4.09. The quantitative estimate of drug-likeness (QED) is 0.797. The highest BCUT2D eigenvalue weighted by Gasteiger charge is 2.37. The molecule has 0 spiro atoms. The van der Waals surface area contributed by atoms with Crippen molar-refractivity contribution in [2.75, 3.05) is 6.54 Å². The lowest BCUT2D eigenvalue weighted by molar-refractivity contribution is -0.126. The Morgan fingerprint density at radius 1 is 1.13 bits per heavy atom. The topological polar surface area (TPSA) is 46.6 Å². The van der Waals surface area contributed by atoms with Crippen molar-refractivity contribution in [1.29, 1.82) is 0 Å². The first-order valence-electron chi connectivity index (χ1n) is 7.85. The van der Waals surface area contributed by atoms with Crippen LogP contribution in [-0.2, 0) is 9.53 Å². The number of fused-ring (bicyclic) bond motifs is 1. The van der Waals surface area contributed by atoms with Gasteiger partial charge in [-0.2, -0.15) is 0 Å². The van der Waals surface area contributed by atoms with Crippen molar-refractivity contribution in [3.8, 4) is 0 Å². The number of ether oxygens (including phenoxy) is 1. The Kier molecular flexibility index (Phi) is 3.84. The number of imide groups is 1. The van der Waals surface area contributed by atoms with Crippen LogP contribution in [0.1, 0.15) is 38.7 Å². The molecule has 2 aromatic carbocycles. The van der Waals surface area contributed by atoms with Crippen LogP contribution in [0.3, 0.4) is 0 Å². The summed E-state index contributed by atoms with van der Waals surface area (Å²) in [5.41, 5.74) is 0.487. The van der Waals surface area contributed by atoms with Gasteiger partial charge in [0.15, 0.2) is 0 Å². The van der Waals surface area contributed by atoms with Crippen molar-refractivity contribution < 1.29 is 14.3 Å². The van der Waals surface area contributed by atoms with Gasteiger partial charge in [-0.1, -0.05) is 42.5 Å². The summed E-state index contributed by atoms with van der Waals surface area (Å²) < 4.78 is 5.31. The second-order valence-corrected chi connectivity index (χ2v) is 6.99. The molecule has 0 bridgehead atoms. The van der Waals surface area contributed by atoms with Crippen molar-refractivity contribution in [3.63, 3.8) is 0 Å². The molecule has 0 unspecified atom stereocenters. The van der Waals surface area contributed by atoms with E-state index in [0.717, 1.165) is 10.9 Å². The minimum absolute atomic E-state index is 0.0274. The average Bonchev–Trinajstić information content (AvgIpc) is 2.87. The summed E-state index contributed by atoms with van der Waals surface area (Å²) in [7, 11) is 0. The van der Waals surface area contributed by atoms with E-state index in [1.54, 1.807) is 20.8 Å². The summed E-state index contributed by atoms with van der Waals surface area (Å²) in [6.07, 6.45) is -0.205.